The molecular formula is C17H28ClNO. The predicted molar refractivity (Wildman–Crippen MR) is 87.1 cm³/mol. The second-order valence-corrected chi connectivity index (χ2v) is 6.07. The summed E-state index contributed by atoms with van der Waals surface area (Å²) >= 11 is 6.05. The molecule has 0 aliphatic heterocycles. The lowest BCUT2D eigenvalue weighted by atomic mass is 10.0. The Morgan fingerprint density at radius 2 is 1.95 bits per heavy atom. The van der Waals surface area contributed by atoms with Crippen LogP contribution in [0.5, 0.6) is 0 Å². The van der Waals surface area contributed by atoms with E-state index in [1.54, 1.807) is 0 Å². The van der Waals surface area contributed by atoms with Crippen molar-refractivity contribution in [1.29, 1.82) is 0 Å². The van der Waals surface area contributed by atoms with Gasteiger partial charge in [0.25, 0.3) is 0 Å². The van der Waals surface area contributed by atoms with Gasteiger partial charge < -0.3 is 10.5 Å². The highest BCUT2D eigenvalue weighted by Gasteiger charge is 2.19. The first-order chi connectivity index (χ1) is 9.54. The van der Waals surface area contributed by atoms with Crippen LogP contribution in [0.1, 0.15) is 64.5 Å². The van der Waals surface area contributed by atoms with Crippen molar-refractivity contribution >= 4 is 11.6 Å². The second kappa shape index (κ2) is 9.38. The molecule has 0 fully saturated rings. The summed E-state index contributed by atoms with van der Waals surface area (Å²) in [6.45, 7) is 6.34. The van der Waals surface area contributed by atoms with Crippen LogP contribution in [0, 0.1) is 0 Å². The van der Waals surface area contributed by atoms with Crippen molar-refractivity contribution in [3.05, 3.63) is 34.9 Å². The number of benzene rings is 1. The highest BCUT2D eigenvalue weighted by Crippen LogP contribution is 2.25. The van der Waals surface area contributed by atoms with E-state index in [0.29, 0.717) is 0 Å². The third-order valence-corrected chi connectivity index (χ3v) is 3.73. The summed E-state index contributed by atoms with van der Waals surface area (Å²) in [7, 11) is 0. The molecule has 3 atom stereocenters. The summed E-state index contributed by atoms with van der Waals surface area (Å²) in [6.07, 6.45) is 6.29. The normalized spacial score (nSPS) is 15.8. The van der Waals surface area contributed by atoms with Crippen molar-refractivity contribution in [2.24, 2.45) is 5.73 Å². The van der Waals surface area contributed by atoms with Crippen molar-refractivity contribution in [3.8, 4) is 0 Å². The van der Waals surface area contributed by atoms with E-state index in [9.17, 15) is 0 Å². The van der Waals surface area contributed by atoms with Gasteiger partial charge >= 0.3 is 0 Å². The monoisotopic (exact) mass is 297 g/mol. The number of hydrogen-bond donors (Lipinski definition) is 1. The maximum atomic E-state index is 6.15. The van der Waals surface area contributed by atoms with E-state index in [0.717, 1.165) is 17.0 Å². The van der Waals surface area contributed by atoms with Gasteiger partial charge in [0, 0.05) is 11.1 Å². The zero-order valence-electron chi connectivity index (χ0n) is 12.9. The molecule has 0 aromatic heterocycles. The quantitative estimate of drug-likeness (QED) is 0.643. The summed E-state index contributed by atoms with van der Waals surface area (Å²) in [5.41, 5.74) is 7.14. The van der Waals surface area contributed by atoms with Gasteiger partial charge in [-0.25, -0.2) is 0 Å². The molecule has 0 saturated heterocycles. The number of unbranched alkanes of at least 4 members (excludes halogenated alkanes) is 3. The molecule has 1 aromatic rings. The third-order valence-electron chi connectivity index (χ3n) is 3.50. The average Bonchev–Trinajstić information content (AvgIpc) is 2.40. The molecule has 2 nitrogen and oxygen atoms in total. The van der Waals surface area contributed by atoms with Crippen LogP contribution in [0.15, 0.2) is 24.3 Å². The van der Waals surface area contributed by atoms with Crippen LogP contribution in [0.2, 0.25) is 5.02 Å². The van der Waals surface area contributed by atoms with Gasteiger partial charge in [0.05, 0.1) is 12.2 Å². The molecular weight excluding hydrogens is 270 g/mol. The molecule has 0 amide bonds. The predicted octanol–water partition coefficient (Wildman–Crippen LogP) is 5.10. The van der Waals surface area contributed by atoms with Gasteiger partial charge in [-0.15, -0.1) is 0 Å². The third kappa shape index (κ3) is 6.25. The van der Waals surface area contributed by atoms with Crippen LogP contribution < -0.4 is 5.73 Å². The molecule has 3 heteroatoms. The molecule has 114 valence electrons. The molecule has 0 aliphatic carbocycles. The molecule has 1 rings (SSSR count). The Morgan fingerprint density at radius 1 is 1.20 bits per heavy atom. The number of halogens is 1. The van der Waals surface area contributed by atoms with Crippen LogP contribution in [0.4, 0.5) is 0 Å². The van der Waals surface area contributed by atoms with Crippen LogP contribution in [-0.4, -0.2) is 12.1 Å². The standard InChI is InChI=1S/C17H28ClNO/c1-4-5-6-7-9-13(2)20-17(14(3)19)15-10-8-11-16(18)12-15/h8,10-14,17H,4-7,9,19H2,1-3H3. The minimum Gasteiger partial charge on any atom is -0.369 e. The fourth-order valence-corrected chi connectivity index (χ4v) is 2.57. The fraction of sp³-hybridized carbons (Fsp3) is 0.647. The lowest BCUT2D eigenvalue weighted by molar-refractivity contribution is -0.0194. The first-order valence-electron chi connectivity index (χ1n) is 7.71. The Kier molecular flexibility index (Phi) is 8.20. The molecule has 0 heterocycles. The molecule has 0 saturated carbocycles. The number of hydrogen-bond acceptors (Lipinski definition) is 2. The van der Waals surface area contributed by atoms with E-state index in [-0.39, 0.29) is 18.2 Å². The van der Waals surface area contributed by atoms with Crippen molar-refractivity contribution in [2.45, 2.75) is 71.1 Å². The lowest BCUT2D eigenvalue weighted by Gasteiger charge is -2.26. The molecule has 0 aliphatic rings. The summed E-state index contributed by atoms with van der Waals surface area (Å²) < 4.78 is 6.15. The largest absolute Gasteiger partial charge is 0.369 e. The van der Waals surface area contributed by atoms with Crippen LogP contribution >= 0.6 is 11.6 Å². The Balaban J connectivity index is 2.55. The van der Waals surface area contributed by atoms with Gasteiger partial charge in [-0.05, 0) is 38.0 Å². The SMILES string of the molecule is CCCCCCC(C)OC(c1cccc(Cl)c1)C(C)N. The second-order valence-electron chi connectivity index (χ2n) is 5.63. The Labute approximate surface area is 128 Å². The molecule has 0 radical (unpaired) electrons. The fourth-order valence-electron chi connectivity index (χ4n) is 2.37. The van der Waals surface area contributed by atoms with Crippen LogP contribution in [0.3, 0.4) is 0 Å². The maximum Gasteiger partial charge on any atom is 0.0977 e. The summed E-state index contributed by atoms with van der Waals surface area (Å²) in [6, 6.07) is 7.75. The van der Waals surface area contributed by atoms with Crippen molar-refractivity contribution in [2.75, 3.05) is 0 Å². The van der Waals surface area contributed by atoms with E-state index in [2.05, 4.69) is 13.8 Å². The van der Waals surface area contributed by atoms with E-state index in [1.165, 1.54) is 25.7 Å². The van der Waals surface area contributed by atoms with Gasteiger partial charge in [0.2, 0.25) is 0 Å². The first kappa shape index (κ1) is 17.5. The molecule has 20 heavy (non-hydrogen) atoms. The minimum absolute atomic E-state index is 0.0495. The first-order valence-corrected chi connectivity index (χ1v) is 8.09. The van der Waals surface area contributed by atoms with Gasteiger partial charge in [0.15, 0.2) is 0 Å². The minimum atomic E-state index is -0.0881. The molecule has 3 unspecified atom stereocenters. The zero-order chi connectivity index (χ0) is 15.0. The maximum absolute atomic E-state index is 6.15. The van der Waals surface area contributed by atoms with E-state index < -0.39 is 0 Å². The topological polar surface area (TPSA) is 35.2 Å². The highest BCUT2D eigenvalue weighted by atomic mass is 35.5. The average molecular weight is 298 g/mol. The molecule has 2 N–H and O–H groups in total. The smallest absolute Gasteiger partial charge is 0.0977 e. The molecule has 0 spiro atoms. The Morgan fingerprint density at radius 3 is 2.55 bits per heavy atom. The zero-order valence-corrected chi connectivity index (χ0v) is 13.7. The van der Waals surface area contributed by atoms with E-state index >= 15 is 0 Å². The molecule has 1 aromatic carbocycles. The van der Waals surface area contributed by atoms with Crippen molar-refractivity contribution in [3.63, 3.8) is 0 Å². The highest BCUT2D eigenvalue weighted by molar-refractivity contribution is 6.30. The summed E-state index contributed by atoms with van der Waals surface area (Å²) in [4.78, 5) is 0. The van der Waals surface area contributed by atoms with Crippen LogP contribution in [0.25, 0.3) is 0 Å². The van der Waals surface area contributed by atoms with Gasteiger partial charge in [-0.1, -0.05) is 56.3 Å². The van der Waals surface area contributed by atoms with E-state index in [1.807, 2.05) is 31.2 Å². The summed E-state index contributed by atoms with van der Waals surface area (Å²) in [5.74, 6) is 0. The number of ether oxygens (including phenoxy) is 1. The summed E-state index contributed by atoms with van der Waals surface area (Å²) in [5, 5.41) is 0.729. The van der Waals surface area contributed by atoms with Crippen molar-refractivity contribution in [1.82, 2.24) is 0 Å². The Bertz CT molecular complexity index is 381. The van der Waals surface area contributed by atoms with E-state index in [4.69, 9.17) is 22.1 Å². The van der Waals surface area contributed by atoms with Gasteiger partial charge in [0.1, 0.15) is 0 Å². The number of nitrogens with two attached hydrogens (primary N) is 1. The molecule has 0 bridgehead atoms. The van der Waals surface area contributed by atoms with Crippen LogP contribution in [-0.2, 0) is 4.74 Å². The van der Waals surface area contributed by atoms with Gasteiger partial charge in [-0.2, -0.15) is 0 Å². The lowest BCUT2D eigenvalue weighted by Crippen LogP contribution is -2.29. The van der Waals surface area contributed by atoms with Gasteiger partial charge in [-0.3, -0.25) is 0 Å². The van der Waals surface area contributed by atoms with Crippen molar-refractivity contribution < 1.29 is 4.74 Å². The Hall–Kier alpha value is -0.570. The number of rotatable bonds is 9.